The molecule has 1 aromatic carbocycles. The van der Waals surface area contributed by atoms with Gasteiger partial charge in [-0.1, -0.05) is 44.2 Å². The number of rotatable bonds is 5. The van der Waals surface area contributed by atoms with Crippen LogP contribution in [0.5, 0.6) is 0 Å². The van der Waals surface area contributed by atoms with E-state index in [9.17, 15) is 9.90 Å². The fourth-order valence-corrected chi connectivity index (χ4v) is 4.12. The summed E-state index contributed by atoms with van der Waals surface area (Å²) < 4.78 is 0. The minimum absolute atomic E-state index is 0.0289. The summed E-state index contributed by atoms with van der Waals surface area (Å²) in [6, 6.07) is 10.7. The molecule has 2 aliphatic heterocycles. The number of carbonyl (C=O) groups is 1. The van der Waals surface area contributed by atoms with Crippen molar-refractivity contribution < 1.29 is 9.90 Å². The average molecular weight is 345 g/mol. The van der Waals surface area contributed by atoms with E-state index >= 15 is 0 Å². The maximum atomic E-state index is 12.7. The Kier molecular flexibility index (Phi) is 5.64. The van der Waals surface area contributed by atoms with Crippen LogP contribution < -0.4 is 5.32 Å². The number of aliphatic hydroxyl groups excluding tert-OH is 1. The Hall–Kier alpha value is -1.59. The zero-order valence-electron chi connectivity index (χ0n) is 15.4. The van der Waals surface area contributed by atoms with E-state index in [1.807, 2.05) is 36.9 Å². The van der Waals surface area contributed by atoms with Gasteiger partial charge >= 0.3 is 6.03 Å². The van der Waals surface area contributed by atoms with Crippen molar-refractivity contribution in [3.63, 3.8) is 0 Å². The van der Waals surface area contributed by atoms with Gasteiger partial charge in [-0.2, -0.15) is 0 Å². The van der Waals surface area contributed by atoms with Crippen LogP contribution in [-0.4, -0.2) is 66.3 Å². The highest BCUT2D eigenvalue weighted by atomic mass is 16.3. The van der Waals surface area contributed by atoms with Crippen LogP contribution in [0.3, 0.4) is 0 Å². The first-order valence-electron chi connectivity index (χ1n) is 9.44. The number of urea groups is 1. The first kappa shape index (κ1) is 18.2. The molecule has 0 saturated carbocycles. The Balaban J connectivity index is 1.62. The maximum absolute atomic E-state index is 12.7. The van der Waals surface area contributed by atoms with E-state index < -0.39 is 0 Å². The quantitative estimate of drug-likeness (QED) is 0.861. The van der Waals surface area contributed by atoms with Crippen LogP contribution in [0.25, 0.3) is 0 Å². The lowest BCUT2D eigenvalue weighted by molar-refractivity contribution is 0.111. The second-order valence-electron chi connectivity index (χ2n) is 8.07. The molecule has 2 unspecified atom stereocenters. The molecule has 2 amide bonds. The highest BCUT2D eigenvalue weighted by Gasteiger charge is 2.34. The molecule has 2 heterocycles. The Labute approximate surface area is 151 Å². The SMILES string of the molecule is CC(C)(CO)C(CNC(=O)N1CCN2CCCC2C1)c1ccccc1. The third kappa shape index (κ3) is 4.15. The molecule has 0 radical (unpaired) electrons. The number of carbonyl (C=O) groups excluding carboxylic acids is 1. The highest BCUT2D eigenvalue weighted by molar-refractivity contribution is 5.74. The third-order valence-electron chi connectivity index (χ3n) is 5.88. The number of hydrogen-bond acceptors (Lipinski definition) is 3. The average Bonchev–Trinajstić information content (AvgIpc) is 3.10. The summed E-state index contributed by atoms with van der Waals surface area (Å²) in [5.74, 6) is 0.0791. The number of nitrogens with one attached hydrogen (secondary N) is 1. The number of amides is 2. The van der Waals surface area contributed by atoms with Crippen LogP contribution in [0.15, 0.2) is 30.3 Å². The number of fused-ring (bicyclic) bond motifs is 1. The van der Waals surface area contributed by atoms with Gasteiger partial charge in [0.25, 0.3) is 0 Å². The van der Waals surface area contributed by atoms with Gasteiger partial charge in [0.1, 0.15) is 0 Å². The maximum Gasteiger partial charge on any atom is 0.317 e. The van der Waals surface area contributed by atoms with Crippen molar-refractivity contribution in [3.8, 4) is 0 Å². The first-order chi connectivity index (χ1) is 12.0. The summed E-state index contributed by atoms with van der Waals surface area (Å²) in [6.45, 7) is 8.54. The van der Waals surface area contributed by atoms with Crippen molar-refractivity contribution in [3.05, 3.63) is 35.9 Å². The largest absolute Gasteiger partial charge is 0.396 e. The minimum atomic E-state index is -0.293. The van der Waals surface area contributed by atoms with Gasteiger partial charge in [0.05, 0.1) is 0 Å². The van der Waals surface area contributed by atoms with Crippen LogP contribution >= 0.6 is 0 Å². The summed E-state index contributed by atoms with van der Waals surface area (Å²) in [6.07, 6.45) is 2.45. The van der Waals surface area contributed by atoms with Crippen molar-refractivity contribution in [2.75, 3.05) is 39.3 Å². The highest BCUT2D eigenvalue weighted by Crippen LogP contribution is 2.34. The molecule has 0 spiro atoms. The molecule has 3 rings (SSSR count). The van der Waals surface area contributed by atoms with Crippen LogP contribution in [0.1, 0.15) is 38.2 Å². The van der Waals surface area contributed by atoms with Gasteiger partial charge in [-0.3, -0.25) is 4.90 Å². The number of aliphatic hydroxyl groups is 1. The fourth-order valence-electron chi connectivity index (χ4n) is 4.12. The van der Waals surface area contributed by atoms with Gasteiger partial charge in [-0.25, -0.2) is 4.79 Å². The zero-order valence-corrected chi connectivity index (χ0v) is 15.4. The summed E-state index contributed by atoms with van der Waals surface area (Å²) in [5, 5.41) is 12.9. The fraction of sp³-hybridized carbons (Fsp3) is 0.650. The molecular formula is C20H31N3O2. The Morgan fingerprint density at radius 3 is 2.76 bits per heavy atom. The van der Waals surface area contributed by atoms with E-state index in [2.05, 4.69) is 22.3 Å². The van der Waals surface area contributed by atoms with E-state index in [0.29, 0.717) is 12.6 Å². The molecule has 5 nitrogen and oxygen atoms in total. The summed E-state index contributed by atoms with van der Waals surface area (Å²) in [7, 11) is 0. The van der Waals surface area contributed by atoms with Crippen molar-refractivity contribution in [2.45, 2.75) is 38.6 Å². The van der Waals surface area contributed by atoms with Crippen LogP contribution in [0.4, 0.5) is 4.79 Å². The molecule has 2 atom stereocenters. The van der Waals surface area contributed by atoms with Gasteiger partial charge in [0.15, 0.2) is 0 Å². The number of hydrogen-bond donors (Lipinski definition) is 2. The normalized spacial score (nSPS) is 22.5. The van der Waals surface area contributed by atoms with Gasteiger partial charge in [0, 0.05) is 44.7 Å². The van der Waals surface area contributed by atoms with E-state index in [0.717, 1.165) is 25.2 Å². The Morgan fingerprint density at radius 2 is 2.04 bits per heavy atom. The first-order valence-corrected chi connectivity index (χ1v) is 9.44. The van der Waals surface area contributed by atoms with E-state index in [-0.39, 0.29) is 24.0 Å². The molecular weight excluding hydrogens is 314 g/mol. The Morgan fingerprint density at radius 1 is 1.28 bits per heavy atom. The number of benzene rings is 1. The predicted molar refractivity (Wildman–Crippen MR) is 99.6 cm³/mol. The van der Waals surface area contributed by atoms with Crippen molar-refractivity contribution >= 4 is 6.03 Å². The van der Waals surface area contributed by atoms with Crippen molar-refractivity contribution in [1.82, 2.24) is 15.1 Å². The molecule has 2 saturated heterocycles. The van der Waals surface area contributed by atoms with E-state index in [1.165, 1.54) is 19.4 Å². The molecule has 0 bridgehead atoms. The van der Waals surface area contributed by atoms with Crippen molar-refractivity contribution in [1.29, 1.82) is 0 Å². The topological polar surface area (TPSA) is 55.8 Å². The predicted octanol–water partition coefficient (Wildman–Crippen LogP) is 2.28. The molecule has 2 aliphatic rings. The molecule has 1 aromatic rings. The summed E-state index contributed by atoms with van der Waals surface area (Å²) in [4.78, 5) is 17.1. The third-order valence-corrected chi connectivity index (χ3v) is 5.88. The number of nitrogens with zero attached hydrogens (tertiary/aromatic N) is 2. The van der Waals surface area contributed by atoms with Gasteiger partial charge in [-0.05, 0) is 30.4 Å². The molecule has 138 valence electrons. The summed E-state index contributed by atoms with van der Waals surface area (Å²) in [5.41, 5.74) is 0.862. The zero-order chi connectivity index (χ0) is 17.9. The molecule has 2 N–H and O–H groups in total. The molecule has 2 fully saturated rings. The number of piperazine rings is 1. The summed E-state index contributed by atoms with van der Waals surface area (Å²) >= 11 is 0. The molecule has 5 heteroatoms. The second kappa shape index (κ2) is 7.75. The lowest BCUT2D eigenvalue weighted by Crippen LogP contribution is -2.55. The standard InChI is InChI=1S/C20H31N3O2/c1-20(2,15-24)18(16-7-4-3-5-8-16)13-21-19(25)23-12-11-22-10-6-9-17(22)14-23/h3-5,7-8,17-18,24H,6,9-15H2,1-2H3,(H,21,25). The lowest BCUT2D eigenvalue weighted by Gasteiger charge is -2.38. The monoisotopic (exact) mass is 345 g/mol. The van der Waals surface area contributed by atoms with Crippen molar-refractivity contribution in [2.24, 2.45) is 5.41 Å². The van der Waals surface area contributed by atoms with E-state index in [1.54, 1.807) is 0 Å². The van der Waals surface area contributed by atoms with Crippen LogP contribution in [-0.2, 0) is 0 Å². The minimum Gasteiger partial charge on any atom is -0.396 e. The smallest absolute Gasteiger partial charge is 0.317 e. The van der Waals surface area contributed by atoms with Gasteiger partial charge in [0.2, 0.25) is 0 Å². The Bertz CT molecular complexity index is 576. The molecule has 0 aromatic heterocycles. The van der Waals surface area contributed by atoms with Gasteiger partial charge in [-0.15, -0.1) is 0 Å². The van der Waals surface area contributed by atoms with Crippen LogP contribution in [0.2, 0.25) is 0 Å². The van der Waals surface area contributed by atoms with Crippen LogP contribution in [0, 0.1) is 5.41 Å². The van der Waals surface area contributed by atoms with Gasteiger partial charge < -0.3 is 15.3 Å². The molecule has 0 aliphatic carbocycles. The van der Waals surface area contributed by atoms with E-state index in [4.69, 9.17) is 0 Å². The molecule has 25 heavy (non-hydrogen) atoms. The lowest BCUT2D eigenvalue weighted by atomic mass is 9.75. The second-order valence-corrected chi connectivity index (χ2v) is 8.07.